The summed E-state index contributed by atoms with van der Waals surface area (Å²) in [5.74, 6) is -0.504. The molecule has 0 saturated carbocycles. The summed E-state index contributed by atoms with van der Waals surface area (Å²) in [5.41, 5.74) is 5.24. The number of halogens is 2. The first-order chi connectivity index (χ1) is 7.99. The van der Waals surface area contributed by atoms with Gasteiger partial charge in [-0.15, -0.1) is 0 Å². The van der Waals surface area contributed by atoms with Crippen molar-refractivity contribution >= 4 is 35.2 Å². The standard InChI is InChI=1S/C11H8Cl2N2O2/c1-17-10-6(2-7(5-14)11(15)16)3-8(12)4-9(10)13/h2-4H,1H3,(H2,15,16). The van der Waals surface area contributed by atoms with Gasteiger partial charge in [0.25, 0.3) is 5.91 Å². The number of ether oxygens (including phenoxy) is 1. The van der Waals surface area contributed by atoms with E-state index >= 15 is 0 Å². The molecule has 0 aliphatic rings. The summed E-state index contributed by atoms with van der Waals surface area (Å²) in [6.07, 6.45) is 1.28. The summed E-state index contributed by atoms with van der Waals surface area (Å²) in [5, 5.41) is 9.38. The SMILES string of the molecule is COc1c(Cl)cc(Cl)cc1C=C(C#N)C(N)=O. The van der Waals surface area contributed by atoms with E-state index in [0.29, 0.717) is 16.3 Å². The molecule has 1 rings (SSSR count). The second-order valence-electron chi connectivity index (χ2n) is 3.04. The molecule has 0 radical (unpaired) electrons. The number of hydrogen-bond donors (Lipinski definition) is 1. The highest BCUT2D eigenvalue weighted by molar-refractivity contribution is 6.36. The van der Waals surface area contributed by atoms with E-state index in [1.807, 2.05) is 0 Å². The van der Waals surface area contributed by atoms with E-state index in [4.69, 9.17) is 38.9 Å². The maximum absolute atomic E-state index is 10.9. The lowest BCUT2D eigenvalue weighted by molar-refractivity contribution is -0.114. The van der Waals surface area contributed by atoms with E-state index in [2.05, 4.69) is 0 Å². The van der Waals surface area contributed by atoms with Crippen LogP contribution in [-0.2, 0) is 4.79 Å². The summed E-state index contributed by atoms with van der Waals surface area (Å²) in [6, 6.07) is 4.70. The van der Waals surface area contributed by atoms with Gasteiger partial charge in [0, 0.05) is 10.6 Å². The summed E-state index contributed by atoms with van der Waals surface area (Å²) in [6.45, 7) is 0. The average Bonchev–Trinajstić information content (AvgIpc) is 2.24. The number of carbonyl (C=O) groups is 1. The molecule has 6 heteroatoms. The first-order valence-corrected chi connectivity index (χ1v) is 5.19. The molecule has 0 atom stereocenters. The van der Waals surface area contributed by atoms with Crippen molar-refractivity contribution in [3.05, 3.63) is 33.3 Å². The molecule has 0 unspecified atom stereocenters. The molecule has 0 fully saturated rings. The van der Waals surface area contributed by atoms with Gasteiger partial charge in [-0.3, -0.25) is 4.79 Å². The molecular weight excluding hydrogens is 263 g/mol. The van der Waals surface area contributed by atoms with Crippen molar-refractivity contribution < 1.29 is 9.53 Å². The van der Waals surface area contributed by atoms with Gasteiger partial charge in [0.1, 0.15) is 17.4 Å². The Kier molecular flexibility index (Phi) is 4.38. The van der Waals surface area contributed by atoms with Gasteiger partial charge in [0.2, 0.25) is 0 Å². The number of rotatable bonds is 3. The van der Waals surface area contributed by atoms with Gasteiger partial charge in [-0.05, 0) is 18.2 Å². The van der Waals surface area contributed by atoms with E-state index < -0.39 is 5.91 Å². The molecule has 4 nitrogen and oxygen atoms in total. The number of nitriles is 1. The van der Waals surface area contributed by atoms with E-state index in [1.165, 1.54) is 25.3 Å². The number of nitrogens with two attached hydrogens (primary N) is 1. The monoisotopic (exact) mass is 270 g/mol. The zero-order valence-corrected chi connectivity index (χ0v) is 10.3. The predicted octanol–water partition coefficient (Wildman–Crippen LogP) is 2.39. The smallest absolute Gasteiger partial charge is 0.259 e. The molecular formula is C11H8Cl2N2O2. The molecule has 1 aromatic rings. The fourth-order valence-corrected chi connectivity index (χ4v) is 1.80. The van der Waals surface area contributed by atoms with Gasteiger partial charge in [0.15, 0.2) is 0 Å². The molecule has 0 aliphatic heterocycles. The molecule has 0 spiro atoms. The Morgan fingerprint density at radius 1 is 1.53 bits per heavy atom. The van der Waals surface area contributed by atoms with Crippen LogP contribution in [0.5, 0.6) is 5.75 Å². The first kappa shape index (κ1) is 13.4. The van der Waals surface area contributed by atoms with Crippen molar-refractivity contribution in [2.45, 2.75) is 0 Å². The summed E-state index contributed by atoms with van der Waals surface area (Å²) in [7, 11) is 1.42. The minimum Gasteiger partial charge on any atom is -0.495 e. The van der Waals surface area contributed by atoms with E-state index in [0.717, 1.165) is 0 Å². The summed E-state index contributed by atoms with van der Waals surface area (Å²) >= 11 is 11.7. The topological polar surface area (TPSA) is 76.1 Å². The fraction of sp³-hybridized carbons (Fsp3) is 0.0909. The minimum atomic E-state index is -0.828. The Hall–Kier alpha value is -1.70. The number of benzene rings is 1. The van der Waals surface area contributed by atoms with Crippen LogP contribution < -0.4 is 10.5 Å². The number of amides is 1. The summed E-state index contributed by atoms with van der Waals surface area (Å²) in [4.78, 5) is 10.9. The normalized spacial score (nSPS) is 10.8. The molecule has 88 valence electrons. The third kappa shape index (κ3) is 3.13. The Labute approximate surface area is 108 Å². The van der Waals surface area contributed by atoms with Gasteiger partial charge < -0.3 is 10.5 Å². The van der Waals surface area contributed by atoms with Crippen LogP contribution in [0.3, 0.4) is 0 Å². The van der Waals surface area contributed by atoms with Crippen LogP contribution in [0.1, 0.15) is 5.56 Å². The van der Waals surface area contributed by atoms with Crippen molar-refractivity contribution in [1.29, 1.82) is 5.26 Å². The maximum Gasteiger partial charge on any atom is 0.259 e. The van der Waals surface area contributed by atoms with Crippen molar-refractivity contribution in [3.63, 3.8) is 0 Å². The quantitative estimate of drug-likeness (QED) is 0.677. The lowest BCUT2D eigenvalue weighted by atomic mass is 10.1. The molecule has 0 aromatic heterocycles. The van der Waals surface area contributed by atoms with Crippen molar-refractivity contribution in [3.8, 4) is 11.8 Å². The molecule has 17 heavy (non-hydrogen) atoms. The number of nitrogens with zero attached hydrogens (tertiary/aromatic N) is 1. The fourth-order valence-electron chi connectivity index (χ4n) is 1.22. The number of carbonyl (C=O) groups excluding carboxylic acids is 1. The van der Waals surface area contributed by atoms with Crippen LogP contribution in [0.2, 0.25) is 10.0 Å². The van der Waals surface area contributed by atoms with E-state index in [9.17, 15) is 4.79 Å². The number of primary amides is 1. The van der Waals surface area contributed by atoms with Gasteiger partial charge in [-0.1, -0.05) is 23.2 Å². The Morgan fingerprint density at radius 3 is 2.65 bits per heavy atom. The molecule has 2 N–H and O–H groups in total. The molecule has 0 aliphatic carbocycles. The highest BCUT2D eigenvalue weighted by atomic mass is 35.5. The van der Waals surface area contributed by atoms with Crippen LogP contribution in [0.25, 0.3) is 6.08 Å². The number of methoxy groups -OCH3 is 1. The van der Waals surface area contributed by atoms with Crippen molar-refractivity contribution in [2.24, 2.45) is 5.73 Å². The second-order valence-corrected chi connectivity index (χ2v) is 3.89. The summed E-state index contributed by atoms with van der Waals surface area (Å²) < 4.78 is 5.06. The lowest BCUT2D eigenvalue weighted by Gasteiger charge is -2.08. The molecule has 0 bridgehead atoms. The van der Waals surface area contributed by atoms with Crippen molar-refractivity contribution in [1.82, 2.24) is 0 Å². The maximum atomic E-state index is 10.9. The second kappa shape index (κ2) is 5.58. The Balaban J connectivity index is 3.41. The van der Waals surface area contributed by atoms with Gasteiger partial charge in [-0.2, -0.15) is 5.26 Å². The van der Waals surface area contributed by atoms with E-state index in [-0.39, 0.29) is 10.6 Å². The van der Waals surface area contributed by atoms with Crippen LogP contribution >= 0.6 is 23.2 Å². The zero-order chi connectivity index (χ0) is 13.0. The van der Waals surface area contributed by atoms with Crippen LogP contribution in [-0.4, -0.2) is 13.0 Å². The van der Waals surface area contributed by atoms with Crippen LogP contribution in [0, 0.1) is 11.3 Å². The molecule has 0 saturated heterocycles. The molecule has 0 heterocycles. The Morgan fingerprint density at radius 2 is 2.18 bits per heavy atom. The van der Waals surface area contributed by atoms with Gasteiger partial charge in [0.05, 0.1) is 12.1 Å². The lowest BCUT2D eigenvalue weighted by Crippen LogP contribution is -2.12. The number of hydrogen-bond acceptors (Lipinski definition) is 3. The average molecular weight is 271 g/mol. The third-order valence-electron chi connectivity index (χ3n) is 1.93. The largest absolute Gasteiger partial charge is 0.495 e. The van der Waals surface area contributed by atoms with Gasteiger partial charge in [-0.25, -0.2) is 0 Å². The minimum absolute atomic E-state index is 0.207. The predicted molar refractivity (Wildman–Crippen MR) is 65.8 cm³/mol. The molecule has 1 aromatic carbocycles. The van der Waals surface area contributed by atoms with Crippen LogP contribution in [0.15, 0.2) is 17.7 Å². The molecule has 1 amide bonds. The third-order valence-corrected chi connectivity index (χ3v) is 2.43. The van der Waals surface area contributed by atoms with Gasteiger partial charge >= 0.3 is 0 Å². The highest BCUT2D eigenvalue weighted by Crippen LogP contribution is 2.33. The van der Waals surface area contributed by atoms with Crippen LogP contribution in [0.4, 0.5) is 0 Å². The van der Waals surface area contributed by atoms with Crippen molar-refractivity contribution in [2.75, 3.05) is 7.11 Å². The first-order valence-electron chi connectivity index (χ1n) is 4.44. The highest BCUT2D eigenvalue weighted by Gasteiger charge is 2.11. The Bertz CT molecular complexity index is 533. The van der Waals surface area contributed by atoms with E-state index in [1.54, 1.807) is 6.07 Å². The zero-order valence-electron chi connectivity index (χ0n) is 8.83.